The van der Waals surface area contributed by atoms with E-state index in [1.54, 1.807) is 0 Å². The Balaban J connectivity index is 1.73. The fourth-order valence-electron chi connectivity index (χ4n) is 1.29. The molecule has 0 saturated carbocycles. The van der Waals surface area contributed by atoms with Gasteiger partial charge in [-0.2, -0.15) is 0 Å². The van der Waals surface area contributed by atoms with Gasteiger partial charge in [0.2, 0.25) is 0 Å². The van der Waals surface area contributed by atoms with E-state index in [0.717, 1.165) is 6.04 Å². The highest BCUT2D eigenvalue weighted by molar-refractivity contribution is 4.80. The van der Waals surface area contributed by atoms with Gasteiger partial charge in [-0.05, 0) is 13.0 Å². The van der Waals surface area contributed by atoms with Crippen LogP contribution in [0.15, 0.2) is 0 Å². The molecule has 2 nitrogen and oxygen atoms in total. The van der Waals surface area contributed by atoms with Crippen molar-refractivity contribution in [2.75, 3.05) is 19.6 Å². The average Bonchev–Trinajstić information content (AvgIpc) is 1.93. The van der Waals surface area contributed by atoms with Crippen molar-refractivity contribution in [2.45, 2.75) is 38.6 Å². The summed E-state index contributed by atoms with van der Waals surface area (Å²) in [5.41, 5.74) is 0. The molecule has 11 heavy (non-hydrogen) atoms. The summed E-state index contributed by atoms with van der Waals surface area (Å²) in [5.74, 6) is 0. The molecule has 1 aliphatic rings. The molecule has 0 unspecified atom stereocenters. The van der Waals surface area contributed by atoms with Crippen molar-refractivity contribution in [3.05, 3.63) is 0 Å². The van der Waals surface area contributed by atoms with Crippen LogP contribution in [0.5, 0.6) is 0 Å². The van der Waals surface area contributed by atoms with Crippen LogP contribution >= 0.6 is 0 Å². The lowest BCUT2D eigenvalue weighted by molar-refractivity contribution is 0.363. The Hall–Kier alpha value is -0.0800. The minimum absolute atomic E-state index is 0.775. The molecule has 1 fully saturated rings. The lowest BCUT2D eigenvalue weighted by Gasteiger charge is -2.28. The lowest BCUT2D eigenvalue weighted by Crippen LogP contribution is -2.55. The standard InChI is InChI=1S/C9H20N2/c1-2-3-4-5-6-11-9-7-10-8-9/h9-11H,2-8H2,1H3. The molecule has 0 spiro atoms. The highest BCUT2D eigenvalue weighted by atomic mass is 15.1. The van der Waals surface area contributed by atoms with E-state index in [0.29, 0.717) is 0 Å². The van der Waals surface area contributed by atoms with Crippen LogP contribution in [0, 0.1) is 0 Å². The molecule has 0 atom stereocenters. The SMILES string of the molecule is CCCCCCNC1CNC1. The molecule has 2 heteroatoms. The largest absolute Gasteiger partial charge is 0.314 e. The number of hydrogen-bond donors (Lipinski definition) is 2. The van der Waals surface area contributed by atoms with Crippen LogP contribution in [-0.2, 0) is 0 Å². The van der Waals surface area contributed by atoms with Crippen LogP contribution in [0.2, 0.25) is 0 Å². The predicted molar refractivity (Wildman–Crippen MR) is 48.8 cm³/mol. The van der Waals surface area contributed by atoms with Crippen LogP contribution in [0.25, 0.3) is 0 Å². The molecule has 0 aromatic carbocycles. The molecule has 1 saturated heterocycles. The van der Waals surface area contributed by atoms with Crippen LogP contribution in [0.3, 0.4) is 0 Å². The monoisotopic (exact) mass is 156 g/mol. The fraction of sp³-hybridized carbons (Fsp3) is 1.00. The van der Waals surface area contributed by atoms with Gasteiger partial charge >= 0.3 is 0 Å². The Morgan fingerprint density at radius 2 is 2.09 bits per heavy atom. The predicted octanol–water partition coefficient (Wildman–Crippen LogP) is 1.13. The van der Waals surface area contributed by atoms with Crippen LogP contribution in [-0.4, -0.2) is 25.7 Å². The maximum absolute atomic E-state index is 3.52. The van der Waals surface area contributed by atoms with Crippen molar-refractivity contribution >= 4 is 0 Å². The Labute approximate surface area is 69.8 Å². The third kappa shape index (κ3) is 3.73. The third-order valence-corrected chi connectivity index (χ3v) is 2.24. The Bertz CT molecular complexity index is 89.6. The molecule has 1 rings (SSSR count). The lowest BCUT2D eigenvalue weighted by atomic mass is 10.1. The van der Waals surface area contributed by atoms with E-state index in [4.69, 9.17) is 0 Å². The quantitative estimate of drug-likeness (QED) is 0.563. The van der Waals surface area contributed by atoms with Gasteiger partial charge in [0.15, 0.2) is 0 Å². The normalized spacial score (nSPS) is 18.3. The van der Waals surface area contributed by atoms with Crippen LogP contribution in [0.1, 0.15) is 32.6 Å². The van der Waals surface area contributed by atoms with Gasteiger partial charge in [0, 0.05) is 19.1 Å². The molecule has 0 bridgehead atoms. The molecular formula is C9H20N2. The summed E-state index contributed by atoms with van der Waals surface area (Å²) in [6, 6.07) is 0.775. The van der Waals surface area contributed by atoms with Crippen molar-refractivity contribution in [2.24, 2.45) is 0 Å². The maximum atomic E-state index is 3.52. The van der Waals surface area contributed by atoms with E-state index in [2.05, 4.69) is 17.6 Å². The van der Waals surface area contributed by atoms with E-state index < -0.39 is 0 Å². The molecule has 0 aliphatic carbocycles. The van der Waals surface area contributed by atoms with Crippen molar-refractivity contribution in [3.8, 4) is 0 Å². The number of hydrogen-bond acceptors (Lipinski definition) is 2. The first-order valence-electron chi connectivity index (χ1n) is 4.87. The van der Waals surface area contributed by atoms with Gasteiger partial charge in [-0.25, -0.2) is 0 Å². The second-order valence-corrected chi connectivity index (χ2v) is 3.37. The summed E-state index contributed by atoms with van der Waals surface area (Å²) in [5, 5.41) is 6.77. The summed E-state index contributed by atoms with van der Waals surface area (Å²) in [6.45, 7) is 5.82. The summed E-state index contributed by atoms with van der Waals surface area (Å²) >= 11 is 0. The van der Waals surface area contributed by atoms with E-state index in [1.807, 2.05) is 0 Å². The smallest absolute Gasteiger partial charge is 0.0317 e. The first-order valence-corrected chi connectivity index (χ1v) is 4.87. The molecule has 1 aliphatic heterocycles. The summed E-state index contributed by atoms with van der Waals surface area (Å²) in [7, 11) is 0. The van der Waals surface area contributed by atoms with Crippen LogP contribution < -0.4 is 10.6 Å². The van der Waals surface area contributed by atoms with Crippen molar-refractivity contribution in [1.29, 1.82) is 0 Å². The average molecular weight is 156 g/mol. The van der Waals surface area contributed by atoms with Crippen LogP contribution in [0.4, 0.5) is 0 Å². The first-order chi connectivity index (χ1) is 5.43. The van der Waals surface area contributed by atoms with Gasteiger partial charge in [-0.15, -0.1) is 0 Å². The molecular weight excluding hydrogens is 136 g/mol. The molecule has 0 radical (unpaired) electrons. The molecule has 0 aromatic rings. The highest BCUT2D eigenvalue weighted by Crippen LogP contribution is 1.98. The van der Waals surface area contributed by atoms with Crippen molar-refractivity contribution < 1.29 is 0 Å². The minimum Gasteiger partial charge on any atom is -0.314 e. The van der Waals surface area contributed by atoms with E-state index >= 15 is 0 Å². The van der Waals surface area contributed by atoms with E-state index in [-0.39, 0.29) is 0 Å². The Morgan fingerprint density at radius 1 is 1.27 bits per heavy atom. The van der Waals surface area contributed by atoms with Crippen molar-refractivity contribution in [1.82, 2.24) is 10.6 Å². The molecule has 1 heterocycles. The van der Waals surface area contributed by atoms with Gasteiger partial charge in [0.25, 0.3) is 0 Å². The topological polar surface area (TPSA) is 24.1 Å². The molecule has 0 amide bonds. The summed E-state index contributed by atoms with van der Waals surface area (Å²) in [4.78, 5) is 0. The summed E-state index contributed by atoms with van der Waals surface area (Å²) < 4.78 is 0. The minimum atomic E-state index is 0.775. The van der Waals surface area contributed by atoms with E-state index in [1.165, 1.54) is 45.3 Å². The van der Waals surface area contributed by atoms with E-state index in [9.17, 15) is 0 Å². The van der Waals surface area contributed by atoms with Gasteiger partial charge in [-0.3, -0.25) is 0 Å². The second kappa shape index (κ2) is 5.56. The molecule has 2 N–H and O–H groups in total. The number of nitrogens with one attached hydrogen (secondary N) is 2. The zero-order chi connectivity index (χ0) is 7.94. The molecule has 0 aromatic heterocycles. The second-order valence-electron chi connectivity index (χ2n) is 3.37. The summed E-state index contributed by atoms with van der Waals surface area (Å²) in [6.07, 6.45) is 5.48. The van der Waals surface area contributed by atoms with Gasteiger partial charge in [0.05, 0.1) is 0 Å². The maximum Gasteiger partial charge on any atom is 0.0317 e. The zero-order valence-electron chi connectivity index (χ0n) is 7.53. The number of rotatable bonds is 6. The fourth-order valence-corrected chi connectivity index (χ4v) is 1.29. The third-order valence-electron chi connectivity index (χ3n) is 2.24. The first kappa shape index (κ1) is 9.01. The van der Waals surface area contributed by atoms with Gasteiger partial charge in [-0.1, -0.05) is 26.2 Å². The Morgan fingerprint density at radius 3 is 2.64 bits per heavy atom. The van der Waals surface area contributed by atoms with Crippen molar-refractivity contribution in [3.63, 3.8) is 0 Å². The molecule has 66 valence electrons. The number of unbranched alkanes of at least 4 members (excludes halogenated alkanes) is 3. The zero-order valence-corrected chi connectivity index (χ0v) is 7.53. The Kier molecular flexibility index (Phi) is 4.55. The van der Waals surface area contributed by atoms with Gasteiger partial charge < -0.3 is 10.6 Å². The highest BCUT2D eigenvalue weighted by Gasteiger charge is 2.14. The van der Waals surface area contributed by atoms with Gasteiger partial charge in [0.1, 0.15) is 0 Å².